The average Bonchev–Trinajstić information content (AvgIpc) is 2.85. The normalized spacial score (nSPS) is 28.4. The molecule has 0 spiro atoms. The van der Waals surface area contributed by atoms with Crippen LogP contribution in [0.5, 0.6) is 0 Å². The second-order valence-corrected chi connectivity index (χ2v) is 7.42. The number of nitrogens with zero attached hydrogens (tertiary/aromatic N) is 3. The van der Waals surface area contributed by atoms with Gasteiger partial charge < -0.3 is 5.73 Å². The summed E-state index contributed by atoms with van der Waals surface area (Å²) in [5.41, 5.74) is 6.00. The van der Waals surface area contributed by atoms with Crippen LogP contribution in [0.25, 0.3) is 0 Å². The zero-order valence-corrected chi connectivity index (χ0v) is 12.4. The van der Waals surface area contributed by atoms with Crippen LogP contribution in [0, 0.1) is 0 Å². The molecule has 2 aliphatic heterocycles. The summed E-state index contributed by atoms with van der Waals surface area (Å²) < 4.78 is 27.1. The topological polar surface area (TPSA) is 79.5 Å². The van der Waals surface area contributed by atoms with Crippen molar-refractivity contribution in [2.45, 2.75) is 36.9 Å². The fourth-order valence-corrected chi connectivity index (χ4v) is 4.92. The van der Waals surface area contributed by atoms with E-state index in [1.165, 1.54) is 6.20 Å². The van der Waals surface area contributed by atoms with E-state index in [0.717, 1.165) is 25.9 Å². The predicted octanol–water partition coefficient (Wildman–Crippen LogP) is 0.521. The summed E-state index contributed by atoms with van der Waals surface area (Å²) >= 11 is 0. The summed E-state index contributed by atoms with van der Waals surface area (Å²) in [6.45, 7) is 4.36. The minimum atomic E-state index is -3.61. The van der Waals surface area contributed by atoms with E-state index in [-0.39, 0.29) is 16.8 Å². The molecule has 3 rings (SSSR count). The van der Waals surface area contributed by atoms with Crippen molar-refractivity contribution in [1.82, 2.24) is 14.2 Å². The first kappa shape index (κ1) is 13.8. The summed E-state index contributed by atoms with van der Waals surface area (Å²) in [5, 5.41) is -0.0155. The maximum atomic E-state index is 12.8. The van der Waals surface area contributed by atoms with Gasteiger partial charge in [-0.3, -0.25) is 4.90 Å². The molecule has 0 saturated carbocycles. The molecule has 20 heavy (non-hydrogen) atoms. The molecule has 1 aromatic heterocycles. The van der Waals surface area contributed by atoms with Crippen molar-refractivity contribution in [3.8, 4) is 0 Å². The number of pyridine rings is 1. The first-order chi connectivity index (χ1) is 9.50. The van der Waals surface area contributed by atoms with Gasteiger partial charge in [-0.05, 0) is 38.4 Å². The van der Waals surface area contributed by atoms with Crippen LogP contribution < -0.4 is 5.73 Å². The highest BCUT2D eigenvalue weighted by atomic mass is 32.2. The van der Waals surface area contributed by atoms with Crippen LogP contribution in [0.2, 0.25) is 0 Å². The van der Waals surface area contributed by atoms with Crippen molar-refractivity contribution in [1.29, 1.82) is 0 Å². The minimum absolute atomic E-state index is 0.0155. The Labute approximate surface area is 119 Å². The smallest absolute Gasteiger partial charge is 0.262 e. The number of nitrogens with two attached hydrogens (primary N) is 1. The van der Waals surface area contributed by atoms with E-state index in [2.05, 4.69) is 9.88 Å². The Balaban J connectivity index is 1.93. The van der Waals surface area contributed by atoms with E-state index in [1.54, 1.807) is 16.4 Å². The molecule has 0 aliphatic carbocycles. The van der Waals surface area contributed by atoms with E-state index < -0.39 is 10.0 Å². The SMILES string of the molecule is CC1CN2CCCC2CN1S(=O)(=O)c1ncccc1N. The molecule has 2 aliphatic rings. The lowest BCUT2D eigenvalue weighted by Crippen LogP contribution is -2.56. The molecule has 2 fully saturated rings. The third kappa shape index (κ3) is 2.19. The Kier molecular flexibility index (Phi) is 3.43. The second kappa shape index (κ2) is 4.98. The molecule has 7 heteroatoms. The van der Waals surface area contributed by atoms with E-state index >= 15 is 0 Å². The highest BCUT2D eigenvalue weighted by Gasteiger charge is 2.41. The zero-order chi connectivity index (χ0) is 14.3. The summed E-state index contributed by atoms with van der Waals surface area (Å²) in [4.78, 5) is 6.36. The fourth-order valence-electron chi connectivity index (χ4n) is 3.23. The van der Waals surface area contributed by atoms with Gasteiger partial charge in [-0.15, -0.1) is 0 Å². The van der Waals surface area contributed by atoms with Gasteiger partial charge in [0.05, 0.1) is 5.69 Å². The minimum Gasteiger partial charge on any atom is -0.396 e. The Morgan fingerprint density at radius 2 is 2.20 bits per heavy atom. The largest absolute Gasteiger partial charge is 0.396 e. The number of nitrogen functional groups attached to an aromatic ring is 1. The van der Waals surface area contributed by atoms with Crippen LogP contribution in [0.3, 0.4) is 0 Å². The monoisotopic (exact) mass is 296 g/mol. The first-order valence-corrected chi connectivity index (χ1v) is 8.40. The molecule has 2 unspecified atom stereocenters. The molecule has 110 valence electrons. The molecular formula is C13H20N4O2S. The average molecular weight is 296 g/mol. The van der Waals surface area contributed by atoms with E-state index in [1.807, 2.05) is 6.92 Å². The second-order valence-electron chi connectivity index (χ2n) is 5.61. The van der Waals surface area contributed by atoms with Crippen molar-refractivity contribution < 1.29 is 8.42 Å². The van der Waals surface area contributed by atoms with Gasteiger partial charge in [0.1, 0.15) is 0 Å². The van der Waals surface area contributed by atoms with Crippen LogP contribution in [0.1, 0.15) is 19.8 Å². The van der Waals surface area contributed by atoms with Crippen molar-refractivity contribution in [2.24, 2.45) is 0 Å². The number of hydrogen-bond donors (Lipinski definition) is 1. The van der Waals surface area contributed by atoms with Crippen molar-refractivity contribution in [2.75, 3.05) is 25.4 Å². The number of aromatic nitrogens is 1. The van der Waals surface area contributed by atoms with Crippen LogP contribution in [0.4, 0.5) is 5.69 Å². The molecular weight excluding hydrogens is 276 g/mol. The molecule has 0 amide bonds. The molecule has 3 heterocycles. The van der Waals surface area contributed by atoms with E-state index in [9.17, 15) is 8.42 Å². The lowest BCUT2D eigenvalue weighted by molar-refractivity contribution is 0.117. The summed E-state index contributed by atoms with van der Waals surface area (Å²) in [5.74, 6) is 0. The van der Waals surface area contributed by atoms with E-state index in [4.69, 9.17) is 5.73 Å². The number of hydrogen-bond acceptors (Lipinski definition) is 5. The summed E-state index contributed by atoms with van der Waals surface area (Å²) in [6.07, 6.45) is 3.69. The van der Waals surface area contributed by atoms with Gasteiger partial charge in [0.25, 0.3) is 10.0 Å². The van der Waals surface area contributed by atoms with Crippen molar-refractivity contribution in [3.05, 3.63) is 18.3 Å². The third-order valence-electron chi connectivity index (χ3n) is 4.23. The number of anilines is 1. The Hall–Kier alpha value is -1.18. The number of rotatable bonds is 2. The van der Waals surface area contributed by atoms with Crippen molar-refractivity contribution in [3.63, 3.8) is 0 Å². The Morgan fingerprint density at radius 3 is 2.95 bits per heavy atom. The summed E-state index contributed by atoms with van der Waals surface area (Å²) in [6, 6.07) is 3.52. The molecule has 2 atom stereocenters. The predicted molar refractivity (Wildman–Crippen MR) is 76.6 cm³/mol. The lowest BCUT2D eigenvalue weighted by atomic mass is 10.1. The van der Waals surface area contributed by atoms with Gasteiger partial charge in [0.2, 0.25) is 0 Å². The maximum absolute atomic E-state index is 12.8. The van der Waals surface area contributed by atoms with Gasteiger partial charge in [-0.2, -0.15) is 4.31 Å². The molecule has 0 bridgehead atoms. The molecule has 2 N–H and O–H groups in total. The molecule has 6 nitrogen and oxygen atoms in total. The highest BCUT2D eigenvalue weighted by molar-refractivity contribution is 7.89. The van der Waals surface area contributed by atoms with Crippen LogP contribution in [-0.4, -0.2) is 54.3 Å². The Bertz CT molecular complexity index is 604. The standard InChI is InChI=1S/C13H20N4O2S/c1-10-8-16-7-3-4-11(16)9-17(10)20(18,19)13-12(14)5-2-6-15-13/h2,5-6,10-11H,3-4,7-9,14H2,1H3. The van der Waals surface area contributed by atoms with Gasteiger partial charge in [0, 0.05) is 31.4 Å². The molecule has 0 radical (unpaired) electrons. The van der Waals surface area contributed by atoms with Gasteiger partial charge in [-0.25, -0.2) is 13.4 Å². The lowest BCUT2D eigenvalue weighted by Gasteiger charge is -2.41. The molecule has 0 aromatic carbocycles. The van der Waals surface area contributed by atoms with Crippen LogP contribution in [-0.2, 0) is 10.0 Å². The zero-order valence-electron chi connectivity index (χ0n) is 11.6. The molecule has 2 saturated heterocycles. The maximum Gasteiger partial charge on any atom is 0.262 e. The van der Waals surface area contributed by atoms with Crippen LogP contribution in [0.15, 0.2) is 23.4 Å². The fraction of sp³-hybridized carbons (Fsp3) is 0.615. The quantitative estimate of drug-likeness (QED) is 0.861. The van der Waals surface area contributed by atoms with Crippen LogP contribution >= 0.6 is 0 Å². The van der Waals surface area contributed by atoms with Gasteiger partial charge in [-0.1, -0.05) is 0 Å². The number of piperazine rings is 1. The molecule has 1 aromatic rings. The van der Waals surface area contributed by atoms with E-state index in [0.29, 0.717) is 12.6 Å². The summed E-state index contributed by atoms with van der Waals surface area (Å²) in [7, 11) is -3.61. The third-order valence-corrected chi connectivity index (χ3v) is 6.19. The highest BCUT2D eigenvalue weighted by Crippen LogP contribution is 2.29. The van der Waals surface area contributed by atoms with Crippen molar-refractivity contribution >= 4 is 15.7 Å². The number of sulfonamides is 1. The first-order valence-electron chi connectivity index (χ1n) is 6.96. The Morgan fingerprint density at radius 1 is 1.40 bits per heavy atom. The van der Waals surface area contributed by atoms with Gasteiger partial charge in [0.15, 0.2) is 5.03 Å². The van der Waals surface area contributed by atoms with Gasteiger partial charge >= 0.3 is 0 Å². The number of fused-ring (bicyclic) bond motifs is 1.